The van der Waals surface area contributed by atoms with Crippen molar-refractivity contribution in [1.29, 1.82) is 0 Å². The topological polar surface area (TPSA) is 64.4 Å². The molecular formula is C22H24N2O3. The van der Waals surface area contributed by atoms with Crippen molar-refractivity contribution in [3.8, 4) is 17.1 Å². The van der Waals surface area contributed by atoms with E-state index < -0.39 is 0 Å². The lowest BCUT2D eigenvalue weighted by atomic mass is 10.1. The van der Waals surface area contributed by atoms with Crippen LogP contribution in [0.3, 0.4) is 0 Å². The van der Waals surface area contributed by atoms with Gasteiger partial charge >= 0.3 is 0 Å². The largest absolute Gasteiger partial charge is 0.494 e. The number of carbonyl (C=O) groups excluding carboxylic acids is 1. The molecule has 1 aromatic heterocycles. The van der Waals surface area contributed by atoms with Crippen LogP contribution in [0, 0.1) is 13.8 Å². The van der Waals surface area contributed by atoms with E-state index in [4.69, 9.17) is 9.15 Å². The van der Waals surface area contributed by atoms with E-state index in [0.29, 0.717) is 31.1 Å². The molecule has 0 fully saturated rings. The number of hydrogen-bond acceptors (Lipinski definition) is 4. The summed E-state index contributed by atoms with van der Waals surface area (Å²) in [5, 5.41) is 2.96. The quantitative estimate of drug-likeness (QED) is 0.646. The highest BCUT2D eigenvalue weighted by Crippen LogP contribution is 2.24. The summed E-state index contributed by atoms with van der Waals surface area (Å²) in [5.41, 5.74) is 3.94. The molecule has 0 atom stereocenters. The molecule has 1 N–H and O–H groups in total. The Hall–Kier alpha value is -3.08. The van der Waals surface area contributed by atoms with Crippen molar-refractivity contribution >= 4 is 11.6 Å². The van der Waals surface area contributed by atoms with Gasteiger partial charge in [0.05, 0.1) is 12.8 Å². The average molecular weight is 364 g/mol. The number of hydrogen-bond donors (Lipinski definition) is 1. The molecule has 1 amide bonds. The Labute approximate surface area is 159 Å². The van der Waals surface area contributed by atoms with E-state index >= 15 is 0 Å². The van der Waals surface area contributed by atoms with Crippen LogP contribution in [-0.4, -0.2) is 17.5 Å². The van der Waals surface area contributed by atoms with E-state index in [-0.39, 0.29) is 5.91 Å². The smallest absolute Gasteiger partial charge is 0.224 e. The maximum Gasteiger partial charge on any atom is 0.224 e. The predicted molar refractivity (Wildman–Crippen MR) is 106 cm³/mol. The predicted octanol–water partition coefficient (Wildman–Crippen LogP) is 4.93. The number of anilines is 1. The summed E-state index contributed by atoms with van der Waals surface area (Å²) in [6, 6.07) is 13.7. The Kier molecular flexibility index (Phi) is 5.91. The Morgan fingerprint density at radius 3 is 2.67 bits per heavy atom. The van der Waals surface area contributed by atoms with Crippen molar-refractivity contribution in [3.63, 3.8) is 0 Å². The Morgan fingerprint density at radius 1 is 1.15 bits per heavy atom. The van der Waals surface area contributed by atoms with Gasteiger partial charge in [-0.15, -0.1) is 0 Å². The number of ether oxygens (including phenoxy) is 1. The SMILES string of the molecule is CCOc1ccc(-c2cnc(CCC(=O)Nc3cc(C)ccc3C)o2)cc1. The number of carbonyl (C=O) groups is 1. The second kappa shape index (κ2) is 8.54. The number of oxazole rings is 1. The zero-order valence-electron chi connectivity index (χ0n) is 15.9. The van der Waals surface area contributed by atoms with Crippen molar-refractivity contribution in [3.05, 3.63) is 65.7 Å². The van der Waals surface area contributed by atoms with Gasteiger partial charge in [-0.25, -0.2) is 4.98 Å². The third-order valence-electron chi connectivity index (χ3n) is 4.24. The first-order chi connectivity index (χ1) is 13.0. The normalized spacial score (nSPS) is 10.6. The lowest BCUT2D eigenvalue weighted by molar-refractivity contribution is -0.116. The molecule has 0 saturated carbocycles. The number of aromatic nitrogens is 1. The van der Waals surface area contributed by atoms with Crippen LogP contribution in [0.25, 0.3) is 11.3 Å². The lowest BCUT2D eigenvalue weighted by Crippen LogP contribution is -2.13. The first-order valence-electron chi connectivity index (χ1n) is 9.10. The minimum atomic E-state index is -0.0514. The molecule has 0 saturated heterocycles. The first-order valence-corrected chi connectivity index (χ1v) is 9.10. The van der Waals surface area contributed by atoms with Crippen molar-refractivity contribution in [2.24, 2.45) is 0 Å². The molecule has 2 aromatic carbocycles. The zero-order valence-corrected chi connectivity index (χ0v) is 15.9. The maximum absolute atomic E-state index is 12.2. The summed E-state index contributed by atoms with van der Waals surface area (Å²) >= 11 is 0. The highest BCUT2D eigenvalue weighted by Gasteiger charge is 2.10. The van der Waals surface area contributed by atoms with Crippen LogP contribution in [-0.2, 0) is 11.2 Å². The standard InChI is InChI=1S/C22H24N2O3/c1-4-26-18-9-7-17(8-10-18)20-14-23-22(27-20)12-11-21(25)24-19-13-15(2)5-6-16(19)3/h5-10,13-14H,4,11-12H2,1-3H3,(H,24,25). The molecule has 0 spiro atoms. The van der Waals surface area contributed by atoms with E-state index in [1.807, 2.05) is 63.2 Å². The van der Waals surface area contributed by atoms with Crippen molar-refractivity contribution < 1.29 is 13.9 Å². The molecule has 3 aromatic rings. The van der Waals surface area contributed by atoms with E-state index in [2.05, 4.69) is 10.3 Å². The average Bonchev–Trinajstić information content (AvgIpc) is 3.13. The van der Waals surface area contributed by atoms with E-state index in [1.54, 1.807) is 6.20 Å². The summed E-state index contributed by atoms with van der Waals surface area (Å²) in [6.45, 7) is 6.57. The highest BCUT2D eigenvalue weighted by atomic mass is 16.5. The minimum absolute atomic E-state index is 0.0514. The fourth-order valence-electron chi connectivity index (χ4n) is 2.75. The van der Waals surface area contributed by atoms with Gasteiger partial charge in [0, 0.05) is 24.1 Å². The van der Waals surface area contributed by atoms with Crippen LogP contribution in [0.15, 0.2) is 53.1 Å². The number of benzene rings is 2. The molecule has 1 heterocycles. The van der Waals surface area contributed by atoms with Crippen LogP contribution in [0.5, 0.6) is 5.75 Å². The van der Waals surface area contributed by atoms with Crippen molar-refractivity contribution in [2.45, 2.75) is 33.6 Å². The summed E-state index contributed by atoms with van der Waals surface area (Å²) < 4.78 is 11.2. The monoisotopic (exact) mass is 364 g/mol. The molecule has 0 aliphatic heterocycles. The molecule has 5 heteroatoms. The summed E-state index contributed by atoms with van der Waals surface area (Å²) in [4.78, 5) is 16.5. The summed E-state index contributed by atoms with van der Waals surface area (Å²) in [5.74, 6) is 2.01. The van der Waals surface area contributed by atoms with Crippen molar-refractivity contribution in [2.75, 3.05) is 11.9 Å². The molecule has 27 heavy (non-hydrogen) atoms. The summed E-state index contributed by atoms with van der Waals surface area (Å²) in [6.07, 6.45) is 2.46. The van der Waals surface area contributed by atoms with Gasteiger partial charge in [0.2, 0.25) is 5.91 Å². The van der Waals surface area contributed by atoms with Gasteiger partial charge in [-0.2, -0.15) is 0 Å². The molecule has 0 aliphatic carbocycles. The second-order valence-corrected chi connectivity index (χ2v) is 6.44. The molecular weight excluding hydrogens is 340 g/mol. The number of amides is 1. The van der Waals surface area contributed by atoms with E-state index in [9.17, 15) is 4.79 Å². The Balaban J connectivity index is 1.57. The van der Waals surface area contributed by atoms with Gasteiger partial charge in [0.1, 0.15) is 5.75 Å². The third kappa shape index (κ3) is 4.97. The van der Waals surface area contributed by atoms with Crippen LogP contribution in [0.1, 0.15) is 30.4 Å². The number of rotatable bonds is 7. The van der Waals surface area contributed by atoms with E-state index in [1.165, 1.54) is 0 Å². The van der Waals surface area contributed by atoms with Gasteiger partial charge < -0.3 is 14.5 Å². The minimum Gasteiger partial charge on any atom is -0.494 e. The fraction of sp³-hybridized carbons (Fsp3) is 0.273. The van der Waals surface area contributed by atoms with Crippen LogP contribution >= 0.6 is 0 Å². The van der Waals surface area contributed by atoms with Crippen LogP contribution in [0.2, 0.25) is 0 Å². The Bertz CT molecular complexity index is 914. The van der Waals surface area contributed by atoms with Crippen LogP contribution < -0.4 is 10.1 Å². The Morgan fingerprint density at radius 2 is 1.93 bits per heavy atom. The van der Waals surface area contributed by atoms with Crippen molar-refractivity contribution in [1.82, 2.24) is 4.98 Å². The molecule has 5 nitrogen and oxygen atoms in total. The van der Waals surface area contributed by atoms with Crippen LogP contribution in [0.4, 0.5) is 5.69 Å². The lowest BCUT2D eigenvalue weighted by Gasteiger charge is -2.08. The molecule has 0 radical (unpaired) electrons. The van der Waals surface area contributed by atoms with Gasteiger partial charge in [-0.1, -0.05) is 12.1 Å². The molecule has 0 aliphatic rings. The fourth-order valence-corrected chi connectivity index (χ4v) is 2.75. The molecule has 0 bridgehead atoms. The van der Waals surface area contributed by atoms with Gasteiger partial charge in [0.25, 0.3) is 0 Å². The number of aryl methyl sites for hydroxylation is 3. The van der Waals surface area contributed by atoms with Gasteiger partial charge in [-0.3, -0.25) is 4.79 Å². The zero-order chi connectivity index (χ0) is 19.2. The third-order valence-corrected chi connectivity index (χ3v) is 4.24. The van der Waals surface area contributed by atoms with E-state index in [0.717, 1.165) is 28.1 Å². The first kappa shape index (κ1) is 18.7. The van der Waals surface area contributed by atoms with Gasteiger partial charge in [-0.05, 0) is 62.2 Å². The molecule has 0 unspecified atom stereocenters. The molecule has 140 valence electrons. The summed E-state index contributed by atoms with van der Waals surface area (Å²) in [7, 11) is 0. The second-order valence-electron chi connectivity index (χ2n) is 6.44. The number of nitrogens with zero attached hydrogens (tertiary/aromatic N) is 1. The van der Waals surface area contributed by atoms with Gasteiger partial charge in [0.15, 0.2) is 11.7 Å². The molecule has 3 rings (SSSR count). The highest BCUT2D eigenvalue weighted by molar-refractivity contribution is 5.91. The maximum atomic E-state index is 12.2. The number of nitrogens with one attached hydrogen (secondary N) is 1.